The molecule has 3 aromatic rings. The number of carbonyl (C=O) groups is 1. The highest BCUT2D eigenvalue weighted by Crippen LogP contribution is 2.38. The van der Waals surface area contributed by atoms with Crippen LogP contribution in [0, 0.1) is 29.4 Å². The third kappa shape index (κ3) is 6.11. The monoisotopic (exact) mass is 493 g/mol. The van der Waals surface area contributed by atoms with Gasteiger partial charge in [0.2, 0.25) is 0 Å². The van der Waals surface area contributed by atoms with E-state index >= 15 is 0 Å². The quantitative estimate of drug-likeness (QED) is 0.349. The van der Waals surface area contributed by atoms with Crippen molar-refractivity contribution in [1.29, 1.82) is 0 Å². The van der Waals surface area contributed by atoms with Crippen LogP contribution in [0.5, 0.6) is 0 Å². The van der Waals surface area contributed by atoms with Crippen LogP contribution in [-0.4, -0.2) is 29.1 Å². The molecule has 1 aliphatic heterocycles. The van der Waals surface area contributed by atoms with Crippen molar-refractivity contribution in [3.63, 3.8) is 0 Å². The average Bonchev–Trinajstić information content (AvgIpc) is 2.86. The molecule has 2 aromatic carbocycles. The molecule has 0 radical (unpaired) electrons. The molecule has 188 valence electrons. The summed E-state index contributed by atoms with van der Waals surface area (Å²) in [5.74, 6) is -2.42. The van der Waals surface area contributed by atoms with Crippen molar-refractivity contribution in [3.05, 3.63) is 99.7 Å². The van der Waals surface area contributed by atoms with E-state index in [2.05, 4.69) is 15.1 Å². The first-order chi connectivity index (χ1) is 17.3. The molecule has 6 nitrogen and oxygen atoms in total. The summed E-state index contributed by atoms with van der Waals surface area (Å²) in [4.78, 5) is 29.2. The highest BCUT2D eigenvalue weighted by Gasteiger charge is 2.26. The van der Waals surface area contributed by atoms with Crippen LogP contribution in [0.1, 0.15) is 60.0 Å². The van der Waals surface area contributed by atoms with Gasteiger partial charge in [0.1, 0.15) is 17.7 Å². The molecule has 1 saturated heterocycles. The maximum absolute atomic E-state index is 14.9. The molecule has 8 heteroatoms. The van der Waals surface area contributed by atoms with Crippen LogP contribution < -0.4 is 4.90 Å². The number of aromatic nitrogens is 1. The van der Waals surface area contributed by atoms with Crippen molar-refractivity contribution < 1.29 is 18.7 Å². The van der Waals surface area contributed by atoms with Crippen molar-refractivity contribution >= 4 is 11.7 Å². The summed E-state index contributed by atoms with van der Waals surface area (Å²) >= 11 is 0. The van der Waals surface area contributed by atoms with Gasteiger partial charge in [-0.3, -0.25) is 9.78 Å². The van der Waals surface area contributed by atoms with E-state index in [4.69, 9.17) is 5.11 Å². The van der Waals surface area contributed by atoms with Gasteiger partial charge in [-0.15, -0.1) is 0 Å². The lowest BCUT2D eigenvalue weighted by Gasteiger charge is -2.33. The molecule has 0 amide bonds. The molecule has 0 aliphatic carbocycles. The molecule has 2 heterocycles. The number of hydrogen-bond acceptors (Lipinski definition) is 5. The Hall–Kier alpha value is -3.68. The van der Waals surface area contributed by atoms with Gasteiger partial charge in [0.05, 0.1) is 0 Å². The second-order valence-electron chi connectivity index (χ2n) is 9.43. The van der Waals surface area contributed by atoms with Crippen LogP contribution in [-0.2, 0) is 4.79 Å². The predicted octanol–water partition coefficient (Wildman–Crippen LogP) is 6.39. The molecule has 1 aliphatic rings. The molecule has 0 saturated carbocycles. The van der Waals surface area contributed by atoms with Crippen LogP contribution in [0.2, 0.25) is 0 Å². The first-order valence-electron chi connectivity index (χ1n) is 12.1. The maximum Gasteiger partial charge on any atom is 0.303 e. The number of anilines is 1. The number of aryl methyl sites for hydroxylation is 1. The first kappa shape index (κ1) is 25.4. The molecule has 0 spiro atoms. The zero-order valence-electron chi connectivity index (χ0n) is 20.1. The Morgan fingerprint density at radius 2 is 1.81 bits per heavy atom. The summed E-state index contributed by atoms with van der Waals surface area (Å²) in [5.41, 5.74) is 3.55. The van der Waals surface area contributed by atoms with Gasteiger partial charge in [-0.05, 0) is 79.1 Å². The largest absolute Gasteiger partial charge is 0.481 e. The molecule has 4 rings (SSSR count). The van der Waals surface area contributed by atoms with Crippen LogP contribution in [0.25, 0.3) is 0 Å². The number of rotatable bonds is 9. The number of nitroso groups, excluding NO2 is 1. The van der Waals surface area contributed by atoms with Gasteiger partial charge >= 0.3 is 5.97 Å². The molecule has 2 unspecified atom stereocenters. The SMILES string of the molecule is Cc1cc(C(CC(c2ccc(N3CCC(CC(=O)O)CC3)cc2)c2ccc(F)cc2F)N=O)ccn1. The van der Waals surface area contributed by atoms with Crippen molar-refractivity contribution in [2.75, 3.05) is 18.0 Å². The number of hydrogen-bond donors (Lipinski definition) is 1. The minimum atomic E-state index is -0.762. The third-order valence-electron chi connectivity index (χ3n) is 6.97. The lowest BCUT2D eigenvalue weighted by molar-refractivity contribution is -0.138. The maximum atomic E-state index is 14.9. The highest BCUT2D eigenvalue weighted by molar-refractivity contribution is 5.67. The molecular weight excluding hydrogens is 464 g/mol. The zero-order valence-corrected chi connectivity index (χ0v) is 20.1. The van der Waals surface area contributed by atoms with E-state index in [1.165, 1.54) is 12.1 Å². The van der Waals surface area contributed by atoms with E-state index in [-0.39, 0.29) is 18.8 Å². The Labute approximate surface area is 209 Å². The smallest absolute Gasteiger partial charge is 0.303 e. The second-order valence-corrected chi connectivity index (χ2v) is 9.43. The van der Waals surface area contributed by atoms with Gasteiger partial charge in [0, 0.05) is 49.1 Å². The zero-order chi connectivity index (χ0) is 25.7. The van der Waals surface area contributed by atoms with Crippen LogP contribution in [0.4, 0.5) is 14.5 Å². The lowest BCUT2D eigenvalue weighted by atomic mass is 9.84. The highest BCUT2D eigenvalue weighted by atomic mass is 19.1. The van der Waals surface area contributed by atoms with E-state index in [0.29, 0.717) is 11.1 Å². The number of nitrogens with zero attached hydrogens (tertiary/aromatic N) is 3. The molecular formula is C28H29F2N3O3. The van der Waals surface area contributed by atoms with Crippen molar-refractivity contribution in [1.82, 2.24) is 4.98 Å². The van der Waals surface area contributed by atoms with Crippen molar-refractivity contribution in [2.45, 2.75) is 44.6 Å². The summed E-state index contributed by atoms with van der Waals surface area (Å²) in [7, 11) is 0. The van der Waals surface area contributed by atoms with E-state index in [1.807, 2.05) is 31.2 Å². The molecule has 2 atom stereocenters. The number of carboxylic acid groups (broad SMARTS) is 1. The minimum absolute atomic E-state index is 0.188. The Kier molecular flexibility index (Phi) is 8.03. The predicted molar refractivity (Wildman–Crippen MR) is 134 cm³/mol. The van der Waals surface area contributed by atoms with Gasteiger partial charge in [0.15, 0.2) is 0 Å². The third-order valence-corrected chi connectivity index (χ3v) is 6.97. The fourth-order valence-corrected chi connectivity index (χ4v) is 5.02. The van der Waals surface area contributed by atoms with Crippen molar-refractivity contribution in [2.24, 2.45) is 11.1 Å². The molecule has 1 N–H and O–H groups in total. The lowest BCUT2D eigenvalue weighted by Crippen LogP contribution is -2.34. The first-order valence-corrected chi connectivity index (χ1v) is 12.1. The Bertz CT molecular complexity index is 1210. The fourth-order valence-electron chi connectivity index (χ4n) is 5.02. The van der Waals surface area contributed by atoms with E-state index in [9.17, 15) is 18.5 Å². The summed E-state index contributed by atoms with van der Waals surface area (Å²) in [6, 6.07) is 14.0. The van der Waals surface area contributed by atoms with Crippen LogP contribution in [0.3, 0.4) is 0 Å². The minimum Gasteiger partial charge on any atom is -0.481 e. The van der Waals surface area contributed by atoms with Crippen LogP contribution in [0.15, 0.2) is 66.0 Å². The average molecular weight is 494 g/mol. The molecule has 1 fully saturated rings. The number of benzene rings is 2. The molecule has 36 heavy (non-hydrogen) atoms. The summed E-state index contributed by atoms with van der Waals surface area (Å²) in [5, 5.41) is 12.4. The number of piperidine rings is 1. The van der Waals surface area contributed by atoms with Gasteiger partial charge in [-0.25, -0.2) is 8.78 Å². The van der Waals surface area contributed by atoms with E-state index in [1.54, 1.807) is 18.3 Å². The number of carboxylic acids is 1. The summed E-state index contributed by atoms with van der Waals surface area (Å²) < 4.78 is 28.5. The van der Waals surface area contributed by atoms with Gasteiger partial charge in [-0.2, -0.15) is 4.91 Å². The Morgan fingerprint density at radius 1 is 1.08 bits per heavy atom. The second kappa shape index (κ2) is 11.4. The fraction of sp³-hybridized carbons (Fsp3) is 0.357. The van der Waals surface area contributed by atoms with Gasteiger partial charge in [0.25, 0.3) is 0 Å². The summed E-state index contributed by atoms with van der Waals surface area (Å²) in [6.45, 7) is 3.36. The van der Waals surface area contributed by atoms with E-state index in [0.717, 1.165) is 48.9 Å². The topological polar surface area (TPSA) is 82.9 Å². The molecule has 1 aromatic heterocycles. The number of pyridine rings is 1. The summed E-state index contributed by atoms with van der Waals surface area (Å²) in [6.07, 6.45) is 3.66. The van der Waals surface area contributed by atoms with Crippen LogP contribution >= 0.6 is 0 Å². The Balaban J connectivity index is 1.59. The normalized spacial score (nSPS) is 15.9. The van der Waals surface area contributed by atoms with Crippen molar-refractivity contribution in [3.8, 4) is 0 Å². The van der Waals surface area contributed by atoms with E-state index < -0.39 is 29.6 Å². The Morgan fingerprint density at radius 3 is 2.42 bits per heavy atom. The van der Waals surface area contributed by atoms with Gasteiger partial charge in [-0.1, -0.05) is 23.4 Å². The van der Waals surface area contributed by atoms with Gasteiger partial charge < -0.3 is 10.0 Å². The molecule has 0 bridgehead atoms. The number of aliphatic carboxylic acids is 1. The standard InChI is InChI=1S/C28H29F2N3O3/c1-18-14-21(8-11-31-18)27(32-36)17-25(24-7-4-22(29)16-26(24)30)20-2-5-23(6-3-20)33-12-9-19(10-13-33)15-28(34)35/h2-8,11,14,16,19,25,27H,9-10,12-13,15,17H2,1H3,(H,34,35). The number of halogens is 2.